The Hall–Kier alpha value is -2.13. The van der Waals surface area contributed by atoms with Crippen molar-refractivity contribution in [3.8, 4) is 0 Å². The van der Waals surface area contributed by atoms with E-state index in [-0.39, 0.29) is 16.6 Å². The van der Waals surface area contributed by atoms with Crippen LogP contribution in [0.5, 0.6) is 0 Å². The van der Waals surface area contributed by atoms with Gasteiger partial charge in [-0.2, -0.15) is 4.31 Å². The monoisotopic (exact) mass is 477 g/mol. The maximum atomic E-state index is 12.8. The van der Waals surface area contributed by atoms with Crippen molar-refractivity contribution in [2.24, 2.45) is 0 Å². The molecule has 0 saturated carbocycles. The van der Waals surface area contributed by atoms with Gasteiger partial charge in [0.05, 0.1) is 21.2 Å². The Morgan fingerprint density at radius 2 is 1.77 bits per heavy atom. The molecule has 0 aliphatic rings. The van der Waals surface area contributed by atoms with Crippen LogP contribution in [0.1, 0.15) is 19.4 Å². The Bertz CT molecular complexity index is 1190. The first-order valence-corrected chi connectivity index (χ1v) is 12.6. The van der Waals surface area contributed by atoms with Crippen LogP contribution in [-0.2, 0) is 14.8 Å². The van der Waals surface area contributed by atoms with E-state index in [1.807, 2.05) is 26.8 Å². The number of nitrogens with one attached hydrogen (secondary N) is 1. The second-order valence-electron chi connectivity index (χ2n) is 6.89. The summed E-state index contributed by atoms with van der Waals surface area (Å²) in [5.74, 6) is 0.0576. The van der Waals surface area contributed by atoms with Crippen molar-refractivity contribution in [3.63, 3.8) is 0 Å². The quantitative estimate of drug-likeness (QED) is 0.464. The van der Waals surface area contributed by atoms with E-state index in [0.717, 1.165) is 10.9 Å². The normalized spacial score (nSPS) is 11.8. The SMILES string of the molecule is CCN(CC)S(=O)(=O)c1ccc2nc(SCC(=O)Nc3ccc(Cl)cc3)cc(C)c2c1. The number of hydrogen-bond donors (Lipinski definition) is 1. The van der Waals surface area contributed by atoms with E-state index in [4.69, 9.17) is 11.6 Å². The Balaban J connectivity index is 1.76. The summed E-state index contributed by atoms with van der Waals surface area (Å²) >= 11 is 7.18. The van der Waals surface area contributed by atoms with Crippen molar-refractivity contribution in [1.82, 2.24) is 9.29 Å². The number of anilines is 1. The lowest BCUT2D eigenvalue weighted by Crippen LogP contribution is -2.30. The van der Waals surface area contributed by atoms with E-state index >= 15 is 0 Å². The van der Waals surface area contributed by atoms with Crippen molar-refractivity contribution in [1.29, 1.82) is 0 Å². The van der Waals surface area contributed by atoms with Crippen molar-refractivity contribution < 1.29 is 13.2 Å². The average molecular weight is 478 g/mol. The third kappa shape index (κ3) is 5.57. The van der Waals surface area contributed by atoms with E-state index in [2.05, 4.69) is 10.3 Å². The number of aryl methyl sites for hydroxylation is 1. The molecule has 1 N–H and O–H groups in total. The molecule has 0 unspecified atom stereocenters. The van der Waals surface area contributed by atoms with Crippen LogP contribution in [0.2, 0.25) is 5.02 Å². The number of carbonyl (C=O) groups excluding carboxylic acids is 1. The summed E-state index contributed by atoms with van der Waals surface area (Å²) in [4.78, 5) is 17.1. The van der Waals surface area contributed by atoms with Gasteiger partial charge in [-0.05, 0) is 61.0 Å². The largest absolute Gasteiger partial charge is 0.325 e. The Labute approximate surface area is 192 Å². The zero-order valence-electron chi connectivity index (χ0n) is 17.6. The highest BCUT2D eigenvalue weighted by Crippen LogP contribution is 2.27. The van der Waals surface area contributed by atoms with E-state index < -0.39 is 10.0 Å². The third-order valence-electron chi connectivity index (χ3n) is 4.79. The van der Waals surface area contributed by atoms with Gasteiger partial charge in [0.1, 0.15) is 0 Å². The molecule has 2 aromatic carbocycles. The molecule has 0 aliphatic heterocycles. The highest BCUT2D eigenvalue weighted by Gasteiger charge is 2.22. The van der Waals surface area contributed by atoms with Gasteiger partial charge in [0.15, 0.2) is 0 Å². The minimum absolute atomic E-state index is 0.146. The topological polar surface area (TPSA) is 79.4 Å². The van der Waals surface area contributed by atoms with Crippen LogP contribution in [-0.4, -0.2) is 42.5 Å². The summed E-state index contributed by atoms with van der Waals surface area (Å²) in [6, 6.07) is 13.8. The van der Waals surface area contributed by atoms with Gasteiger partial charge in [-0.1, -0.05) is 37.2 Å². The molecule has 0 atom stereocenters. The summed E-state index contributed by atoms with van der Waals surface area (Å²) < 4.78 is 27.1. The van der Waals surface area contributed by atoms with Crippen molar-refractivity contribution in [2.45, 2.75) is 30.7 Å². The summed E-state index contributed by atoms with van der Waals surface area (Å²) in [6.45, 7) is 6.39. The minimum atomic E-state index is -3.53. The molecule has 0 fully saturated rings. The molecule has 1 heterocycles. The van der Waals surface area contributed by atoms with Gasteiger partial charge in [-0.3, -0.25) is 4.79 Å². The average Bonchev–Trinajstić information content (AvgIpc) is 2.74. The Kier molecular flexibility index (Phi) is 7.59. The molecule has 0 aliphatic carbocycles. The molecule has 6 nitrogen and oxygen atoms in total. The maximum Gasteiger partial charge on any atom is 0.243 e. The third-order valence-corrected chi connectivity index (χ3v) is 8.00. The second-order valence-corrected chi connectivity index (χ2v) is 10.3. The molecular formula is C22H24ClN3O3S2. The van der Waals surface area contributed by atoms with Gasteiger partial charge < -0.3 is 5.32 Å². The number of rotatable bonds is 8. The summed E-state index contributed by atoms with van der Waals surface area (Å²) in [6.07, 6.45) is 0. The number of carbonyl (C=O) groups is 1. The van der Waals surface area contributed by atoms with Gasteiger partial charge >= 0.3 is 0 Å². The molecule has 31 heavy (non-hydrogen) atoms. The Morgan fingerprint density at radius 1 is 1.10 bits per heavy atom. The summed E-state index contributed by atoms with van der Waals surface area (Å²) in [5, 5.41) is 4.91. The van der Waals surface area contributed by atoms with Crippen molar-refractivity contribution in [2.75, 3.05) is 24.2 Å². The van der Waals surface area contributed by atoms with Crippen LogP contribution in [0.15, 0.2) is 58.5 Å². The molecule has 1 aromatic heterocycles. The number of hydrogen-bond acceptors (Lipinski definition) is 5. The summed E-state index contributed by atoms with van der Waals surface area (Å²) in [7, 11) is -3.53. The minimum Gasteiger partial charge on any atom is -0.325 e. The van der Waals surface area contributed by atoms with Gasteiger partial charge in [0.2, 0.25) is 15.9 Å². The fourth-order valence-corrected chi connectivity index (χ4v) is 5.54. The number of fused-ring (bicyclic) bond motifs is 1. The maximum absolute atomic E-state index is 12.8. The highest BCUT2D eigenvalue weighted by atomic mass is 35.5. The number of halogens is 1. The van der Waals surface area contributed by atoms with Crippen molar-refractivity contribution in [3.05, 3.63) is 59.1 Å². The number of amides is 1. The van der Waals surface area contributed by atoms with E-state index in [9.17, 15) is 13.2 Å². The lowest BCUT2D eigenvalue weighted by Gasteiger charge is -2.19. The van der Waals surface area contributed by atoms with Crippen LogP contribution in [0.25, 0.3) is 10.9 Å². The predicted molar refractivity (Wildman–Crippen MR) is 127 cm³/mol. The van der Waals surface area contributed by atoms with Crippen LogP contribution >= 0.6 is 23.4 Å². The Morgan fingerprint density at radius 3 is 2.42 bits per heavy atom. The van der Waals surface area contributed by atoms with Gasteiger partial charge in [-0.25, -0.2) is 13.4 Å². The molecule has 0 bridgehead atoms. The number of sulfonamides is 1. The summed E-state index contributed by atoms with van der Waals surface area (Å²) in [5.41, 5.74) is 2.28. The first-order chi connectivity index (χ1) is 14.7. The van der Waals surface area contributed by atoms with Gasteiger partial charge in [0, 0.05) is 29.2 Å². The molecule has 164 valence electrons. The second kappa shape index (κ2) is 9.99. The molecule has 0 spiro atoms. The fraction of sp³-hybridized carbons (Fsp3) is 0.273. The zero-order valence-corrected chi connectivity index (χ0v) is 19.9. The predicted octanol–water partition coefficient (Wildman–Crippen LogP) is 4.96. The van der Waals surface area contributed by atoms with Crippen LogP contribution in [0.3, 0.4) is 0 Å². The lowest BCUT2D eigenvalue weighted by molar-refractivity contribution is -0.113. The molecule has 1 amide bonds. The smallest absolute Gasteiger partial charge is 0.243 e. The first kappa shape index (κ1) is 23.5. The van der Waals surface area contributed by atoms with E-state index in [0.29, 0.717) is 34.3 Å². The molecule has 0 saturated heterocycles. The zero-order chi connectivity index (χ0) is 22.6. The first-order valence-electron chi connectivity index (χ1n) is 9.84. The number of thioether (sulfide) groups is 1. The number of aromatic nitrogens is 1. The molecule has 9 heteroatoms. The molecule has 0 radical (unpaired) electrons. The fourth-order valence-electron chi connectivity index (χ4n) is 3.16. The highest BCUT2D eigenvalue weighted by molar-refractivity contribution is 7.99. The van der Waals surface area contributed by atoms with Crippen LogP contribution < -0.4 is 5.32 Å². The van der Waals surface area contributed by atoms with E-state index in [1.165, 1.54) is 16.1 Å². The molecule has 3 aromatic rings. The standard InChI is InChI=1S/C22H24ClN3O3S2/c1-4-26(5-2)31(28,29)18-10-11-20-19(13-18)15(3)12-22(25-20)30-14-21(27)24-17-8-6-16(23)7-9-17/h6-13H,4-5,14H2,1-3H3,(H,24,27). The number of benzene rings is 2. The number of pyridine rings is 1. The van der Waals surface area contributed by atoms with Gasteiger partial charge in [-0.15, -0.1) is 0 Å². The number of nitrogens with zero attached hydrogens (tertiary/aromatic N) is 2. The molecule has 3 rings (SSSR count). The van der Waals surface area contributed by atoms with Crippen molar-refractivity contribution >= 4 is 55.9 Å². The van der Waals surface area contributed by atoms with Gasteiger partial charge in [0.25, 0.3) is 0 Å². The molecular weight excluding hydrogens is 454 g/mol. The van der Waals surface area contributed by atoms with Crippen LogP contribution in [0, 0.1) is 6.92 Å². The van der Waals surface area contributed by atoms with Crippen LogP contribution in [0.4, 0.5) is 5.69 Å². The lowest BCUT2D eigenvalue weighted by atomic mass is 10.1. The van der Waals surface area contributed by atoms with E-state index in [1.54, 1.807) is 42.5 Å².